The lowest BCUT2D eigenvalue weighted by Gasteiger charge is -2.36. The molecule has 0 bridgehead atoms. The first-order chi connectivity index (χ1) is 7.63. The van der Waals surface area contributed by atoms with E-state index in [-0.39, 0.29) is 5.41 Å². The van der Waals surface area contributed by atoms with E-state index in [4.69, 9.17) is 0 Å². The van der Waals surface area contributed by atoms with Gasteiger partial charge in [-0.2, -0.15) is 11.8 Å². The average molecular weight is 243 g/mol. The van der Waals surface area contributed by atoms with Crippen LogP contribution in [0.25, 0.3) is 0 Å². The standard InChI is InChI=1S/C13H25NOS/c1-4-6-13(3,11-15)10-14-7-8-16-12(5-2)9-14/h11-12H,4-10H2,1-3H3. The Morgan fingerprint density at radius 3 is 2.81 bits per heavy atom. The molecule has 1 heterocycles. The van der Waals surface area contributed by atoms with Gasteiger partial charge in [0.2, 0.25) is 0 Å². The summed E-state index contributed by atoms with van der Waals surface area (Å²) in [6, 6.07) is 0. The van der Waals surface area contributed by atoms with Crippen molar-refractivity contribution >= 4 is 18.0 Å². The molecule has 0 aliphatic carbocycles. The summed E-state index contributed by atoms with van der Waals surface area (Å²) in [5.74, 6) is 1.22. The second kappa shape index (κ2) is 6.65. The zero-order chi connectivity index (χ0) is 12.0. The van der Waals surface area contributed by atoms with Crippen molar-refractivity contribution in [1.29, 1.82) is 0 Å². The zero-order valence-electron chi connectivity index (χ0n) is 10.9. The van der Waals surface area contributed by atoms with Gasteiger partial charge in [-0.15, -0.1) is 0 Å². The van der Waals surface area contributed by atoms with Crippen molar-refractivity contribution in [2.24, 2.45) is 5.41 Å². The molecule has 0 saturated carbocycles. The molecule has 3 heteroatoms. The largest absolute Gasteiger partial charge is 0.303 e. The van der Waals surface area contributed by atoms with E-state index in [9.17, 15) is 4.79 Å². The normalized spacial score (nSPS) is 26.3. The van der Waals surface area contributed by atoms with Gasteiger partial charge in [-0.1, -0.05) is 27.2 Å². The van der Waals surface area contributed by atoms with Crippen LogP contribution in [0.15, 0.2) is 0 Å². The number of hydrogen-bond acceptors (Lipinski definition) is 3. The van der Waals surface area contributed by atoms with Crippen molar-refractivity contribution in [3.8, 4) is 0 Å². The molecule has 1 fully saturated rings. The topological polar surface area (TPSA) is 20.3 Å². The SMILES string of the molecule is CCCC(C)(C=O)CN1CCSC(CC)C1. The molecule has 2 nitrogen and oxygen atoms in total. The Bertz CT molecular complexity index is 222. The Labute approximate surface area is 104 Å². The lowest BCUT2D eigenvalue weighted by Crippen LogP contribution is -2.44. The van der Waals surface area contributed by atoms with Crippen molar-refractivity contribution in [2.75, 3.05) is 25.4 Å². The van der Waals surface area contributed by atoms with Gasteiger partial charge in [0, 0.05) is 36.1 Å². The Morgan fingerprint density at radius 2 is 2.25 bits per heavy atom. The van der Waals surface area contributed by atoms with Crippen LogP contribution in [0, 0.1) is 5.41 Å². The maximum absolute atomic E-state index is 11.2. The number of thioether (sulfide) groups is 1. The Morgan fingerprint density at radius 1 is 1.50 bits per heavy atom. The van der Waals surface area contributed by atoms with Crippen molar-refractivity contribution < 1.29 is 4.79 Å². The highest BCUT2D eigenvalue weighted by Crippen LogP contribution is 2.26. The molecule has 0 amide bonds. The van der Waals surface area contributed by atoms with Gasteiger partial charge in [-0.05, 0) is 12.8 Å². The second-order valence-electron chi connectivity index (χ2n) is 5.16. The van der Waals surface area contributed by atoms with Gasteiger partial charge in [0.05, 0.1) is 0 Å². The van der Waals surface area contributed by atoms with Crippen LogP contribution in [-0.4, -0.2) is 41.8 Å². The van der Waals surface area contributed by atoms with Gasteiger partial charge in [0.1, 0.15) is 6.29 Å². The molecule has 0 aromatic carbocycles. The number of hydrogen-bond donors (Lipinski definition) is 0. The molecule has 0 aromatic rings. The number of aldehydes is 1. The van der Waals surface area contributed by atoms with E-state index in [1.54, 1.807) is 0 Å². The summed E-state index contributed by atoms with van der Waals surface area (Å²) in [6.45, 7) is 9.77. The Hall–Kier alpha value is -0.0200. The van der Waals surface area contributed by atoms with Crippen molar-refractivity contribution in [1.82, 2.24) is 4.90 Å². The summed E-state index contributed by atoms with van der Waals surface area (Å²) < 4.78 is 0. The Balaban J connectivity index is 2.47. The van der Waals surface area contributed by atoms with Crippen LogP contribution in [-0.2, 0) is 4.79 Å². The smallest absolute Gasteiger partial charge is 0.127 e. The summed E-state index contributed by atoms with van der Waals surface area (Å²) in [7, 11) is 0. The molecule has 2 atom stereocenters. The van der Waals surface area contributed by atoms with Crippen molar-refractivity contribution in [3.63, 3.8) is 0 Å². The van der Waals surface area contributed by atoms with Gasteiger partial charge in [0.15, 0.2) is 0 Å². The van der Waals surface area contributed by atoms with Crippen LogP contribution in [0.5, 0.6) is 0 Å². The average Bonchev–Trinajstić information content (AvgIpc) is 2.29. The molecule has 1 aliphatic heterocycles. The van der Waals surface area contributed by atoms with Crippen LogP contribution in [0.1, 0.15) is 40.0 Å². The molecule has 94 valence electrons. The quantitative estimate of drug-likeness (QED) is 0.669. The zero-order valence-corrected chi connectivity index (χ0v) is 11.7. The minimum atomic E-state index is -0.130. The van der Waals surface area contributed by atoms with E-state index in [2.05, 4.69) is 37.4 Å². The van der Waals surface area contributed by atoms with E-state index < -0.39 is 0 Å². The summed E-state index contributed by atoms with van der Waals surface area (Å²) in [4.78, 5) is 13.7. The van der Waals surface area contributed by atoms with Gasteiger partial charge < -0.3 is 9.69 Å². The van der Waals surface area contributed by atoms with E-state index >= 15 is 0 Å². The van der Waals surface area contributed by atoms with Crippen LogP contribution < -0.4 is 0 Å². The molecule has 0 N–H and O–H groups in total. The van der Waals surface area contributed by atoms with E-state index in [1.807, 2.05) is 0 Å². The van der Waals surface area contributed by atoms with Crippen molar-refractivity contribution in [2.45, 2.75) is 45.3 Å². The molecule has 0 radical (unpaired) electrons. The van der Waals surface area contributed by atoms with Gasteiger partial charge in [0.25, 0.3) is 0 Å². The molecular formula is C13H25NOS. The maximum atomic E-state index is 11.2. The van der Waals surface area contributed by atoms with E-state index in [1.165, 1.54) is 18.5 Å². The maximum Gasteiger partial charge on any atom is 0.127 e. The number of carbonyl (C=O) groups is 1. The predicted octanol–water partition coefficient (Wildman–Crippen LogP) is 2.82. The first-order valence-corrected chi connectivity index (χ1v) is 7.48. The summed E-state index contributed by atoms with van der Waals surface area (Å²) in [5, 5.41) is 0.770. The third kappa shape index (κ3) is 4.10. The minimum absolute atomic E-state index is 0.130. The minimum Gasteiger partial charge on any atom is -0.303 e. The lowest BCUT2D eigenvalue weighted by molar-refractivity contribution is -0.116. The highest BCUT2D eigenvalue weighted by molar-refractivity contribution is 8.00. The van der Waals surface area contributed by atoms with Gasteiger partial charge >= 0.3 is 0 Å². The molecule has 1 rings (SSSR count). The van der Waals surface area contributed by atoms with Gasteiger partial charge in [-0.3, -0.25) is 0 Å². The fourth-order valence-corrected chi connectivity index (χ4v) is 3.68. The summed E-state index contributed by atoms with van der Waals surface area (Å²) >= 11 is 2.08. The molecule has 2 unspecified atom stereocenters. The lowest BCUT2D eigenvalue weighted by atomic mass is 9.86. The molecule has 0 aromatic heterocycles. The van der Waals surface area contributed by atoms with Crippen LogP contribution in [0.2, 0.25) is 0 Å². The molecular weight excluding hydrogens is 218 g/mol. The number of nitrogens with zero attached hydrogens (tertiary/aromatic N) is 1. The van der Waals surface area contributed by atoms with E-state index in [0.717, 1.165) is 37.7 Å². The van der Waals surface area contributed by atoms with Crippen LogP contribution in [0.3, 0.4) is 0 Å². The van der Waals surface area contributed by atoms with Crippen LogP contribution >= 0.6 is 11.8 Å². The highest BCUT2D eigenvalue weighted by Gasteiger charge is 2.28. The summed E-state index contributed by atoms with van der Waals surface area (Å²) in [6.07, 6.45) is 4.51. The Kier molecular flexibility index (Phi) is 5.84. The molecule has 1 saturated heterocycles. The monoisotopic (exact) mass is 243 g/mol. The van der Waals surface area contributed by atoms with E-state index in [0.29, 0.717) is 0 Å². The number of rotatable bonds is 6. The first-order valence-electron chi connectivity index (χ1n) is 6.44. The highest BCUT2D eigenvalue weighted by atomic mass is 32.2. The van der Waals surface area contributed by atoms with Gasteiger partial charge in [-0.25, -0.2) is 0 Å². The second-order valence-corrected chi connectivity index (χ2v) is 6.57. The molecule has 0 spiro atoms. The van der Waals surface area contributed by atoms with Crippen LogP contribution in [0.4, 0.5) is 0 Å². The van der Waals surface area contributed by atoms with Crippen molar-refractivity contribution in [3.05, 3.63) is 0 Å². The fourth-order valence-electron chi connectivity index (χ4n) is 2.43. The fraction of sp³-hybridized carbons (Fsp3) is 0.923. The first kappa shape index (κ1) is 14.0. The summed E-state index contributed by atoms with van der Waals surface area (Å²) in [5.41, 5.74) is -0.130. The number of carbonyl (C=O) groups excluding carboxylic acids is 1. The molecule has 1 aliphatic rings. The third-order valence-corrected chi connectivity index (χ3v) is 4.74. The third-order valence-electron chi connectivity index (χ3n) is 3.37. The predicted molar refractivity (Wildman–Crippen MR) is 72.1 cm³/mol. The molecule has 16 heavy (non-hydrogen) atoms.